The third-order valence-electron chi connectivity index (χ3n) is 5.60. The van der Waals surface area contributed by atoms with Crippen LogP contribution < -0.4 is 5.32 Å². The highest BCUT2D eigenvalue weighted by Gasteiger charge is 2.28. The minimum atomic E-state index is -0.398. The minimum Gasteiger partial charge on any atom is -0.449 e. The lowest BCUT2D eigenvalue weighted by Crippen LogP contribution is -2.26. The van der Waals surface area contributed by atoms with Gasteiger partial charge in [-0.1, -0.05) is 66.4 Å². The average molecular weight is 396 g/mol. The summed E-state index contributed by atoms with van der Waals surface area (Å²) in [5.74, 6) is 6.33. The Morgan fingerprint density at radius 1 is 0.933 bits per heavy atom. The number of carbonyl (C=O) groups excluding carboxylic acids is 1. The Balaban J connectivity index is 1.29. The number of rotatable bonds is 4. The van der Waals surface area contributed by atoms with Crippen LogP contribution in [0.1, 0.15) is 40.2 Å². The van der Waals surface area contributed by atoms with E-state index in [2.05, 4.69) is 67.4 Å². The van der Waals surface area contributed by atoms with Crippen LogP contribution >= 0.6 is 0 Å². The molecule has 0 aromatic heterocycles. The van der Waals surface area contributed by atoms with Gasteiger partial charge in [-0.3, -0.25) is 0 Å². The summed E-state index contributed by atoms with van der Waals surface area (Å²) in [7, 11) is 0. The van der Waals surface area contributed by atoms with Crippen molar-refractivity contribution in [3.63, 3.8) is 0 Å². The van der Waals surface area contributed by atoms with Crippen LogP contribution in [0.5, 0.6) is 0 Å². The van der Waals surface area contributed by atoms with Crippen LogP contribution in [0.25, 0.3) is 11.1 Å². The molecule has 0 saturated heterocycles. The topological polar surface area (TPSA) is 38.3 Å². The van der Waals surface area contributed by atoms with E-state index in [-0.39, 0.29) is 5.92 Å². The van der Waals surface area contributed by atoms with E-state index < -0.39 is 6.09 Å². The summed E-state index contributed by atoms with van der Waals surface area (Å²) in [5, 5.41) is 2.80. The molecule has 1 aliphatic rings. The van der Waals surface area contributed by atoms with E-state index in [1.54, 1.807) is 0 Å². The van der Waals surface area contributed by atoms with Crippen LogP contribution in [0.3, 0.4) is 0 Å². The van der Waals surface area contributed by atoms with Crippen LogP contribution in [0, 0.1) is 25.7 Å². The Morgan fingerprint density at radius 2 is 1.60 bits per heavy atom. The van der Waals surface area contributed by atoms with Gasteiger partial charge in [0.25, 0.3) is 0 Å². The van der Waals surface area contributed by atoms with Crippen molar-refractivity contribution < 1.29 is 9.53 Å². The van der Waals surface area contributed by atoms with E-state index in [0.717, 1.165) is 5.56 Å². The Hall–Kier alpha value is -3.51. The maximum atomic E-state index is 12.2. The van der Waals surface area contributed by atoms with Crippen molar-refractivity contribution in [2.45, 2.75) is 26.2 Å². The molecule has 30 heavy (non-hydrogen) atoms. The zero-order valence-electron chi connectivity index (χ0n) is 17.4. The second-order valence-electron chi connectivity index (χ2n) is 7.60. The Morgan fingerprint density at radius 3 is 2.27 bits per heavy atom. The van der Waals surface area contributed by atoms with Crippen LogP contribution in [0.4, 0.5) is 4.79 Å². The lowest BCUT2D eigenvalue weighted by atomic mass is 9.98. The van der Waals surface area contributed by atoms with Gasteiger partial charge in [0.15, 0.2) is 0 Å². The number of amides is 1. The lowest BCUT2D eigenvalue weighted by molar-refractivity contribution is 0.143. The van der Waals surface area contributed by atoms with Gasteiger partial charge in [0.05, 0.1) is 0 Å². The smallest absolute Gasteiger partial charge is 0.407 e. The molecule has 0 aliphatic heterocycles. The number of hydrogen-bond acceptors (Lipinski definition) is 2. The van der Waals surface area contributed by atoms with Gasteiger partial charge >= 0.3 is 6.09 Å². The number of aryl methyl sites for hydroxylation is 2. The molecule has 0 bridgehead atoms. The van der Waals surface area contributed by atoms with Crippen molar-refractivity contribution in [1.82, 2.24) is 5.32 Å². The van der Waals surface area contributed by atoms with Gasteiger partial charge in [-0.2, -0.15) is 0 Å². The maximum absolute atomic E-state index is 12.2. The van der Waals surface area contributed by atoms with Crippen molar-refractivity contribution in [2.75, 3.05) is 13.2 Å². The molecule has 3 nitrogen and oxygen atoms in total. The summed E-state index contributed by atoms with van der Waals surface area (Å²) in [6.07, 6.45) is 0.182. The molecule has 3 aromatic rings. The molecule has 0 unspecified atom stereocenters. The number of alkyl carbamates (subject to hydrolysis) is 1. The van der Waals surface area contributed by atoms with Crippen molar-refractivity contribution in [1.29, 1.82) is 0 Å². The van der Waals surface area contributed by atoms with Gasteiger partial charge in [-0.05, 0) is 59.4 Å². The molecule has 3 heteroatoms. The molecule has 150 valence electrons. The summed E-state index contributed by atoms with van der Waals surface area (Å²) < 4.78 is 5.54. The number of ether oxygens (including phenoxy) is 1. The summed E-state index contributed by atoms with van der Waals surface area (Å²) in [5.41, 5.74) is 8.37. The van der Waals surface area contributed by atoms with Crippen molar-refractivity contribution in [3.8, 4) is 23.0 Å². The van der Waals surface area contributed by atoms with Gasteiger partial charge in [0.2, 0.25) is 0 Å². The zero-order chi connectivity index (χ0) is 20.9. The minimum absolute atomic E-state index is 0.0766. The largest absolute Gasteiger partial charge is 0.449 e. The van der Waals surface area contributed by atoms with E-state index in [1.165, 1.54) is 33.4 Å². The fourth-order valence-electron chi connectivity index (χ4n) is 3.86. The number of fused-ring (bicyclic) bond motifs is 3. The number of hydrogen-bond donors (Lipinski definition) is 1. The summed E-state index contributed by atoms with van der Waals surface area (Å²) in [6.45, 7) is 4.97. The predicted octanol–water partition coefficient (Wildman–Crippen LogP) is 5.58. The first-order valence-electron chi connectivity index (χ1n) is 10.3. The molecular formula is C27H25NO2. The molecule has 0 heterocycles. The van der Waals surface area contributed by atoms with E-state index in [0.29, 0.717) is 19.6 Å². The molecule has 1 N–H and O–H groups in total. The Bertz CT molecular complexity index is 1090. The lowest BCUT2D eigenvalue weighted by Gasteiger charge is -2.14. The first-order valence-corrected chi connectivity index (χ1v) is 10.3. The van der Waals surface area contributed by atoms with E-state index in [4.69, 9.17) is 4.74 Å². The van der Waals surface area contributed by atoms with Crippen LogP contribution in [-0.2, 0) is 4.74 Å². The number of nitrogens with one attached hydrogen (secondary N) is 1. The van der Waals surface area contributed by atoms with Crippen molar-refractivity contribution >= 4 is 6.09 Å². The summed E-state index contributed by atoms with van der Waals surface area (Å²) >= 11 is 0. The Labute approximate surface area is 178 Å². The third-order valence-corrected chi connectivity index (χ3v) is 5.60. The van der Waals surface area contributed by atoms with Gasteiger partial charge in [-0.15, -0.1) is 0 Å². The van der Waals surface area contributed by atoms with E-state index in [9.17, 15) is 4.79 Å². The standard InChI is InChI=1S/C27H25NO2/c1-19-14-15-21(17-20(19)2)9-7-8-16-28-27(29)30-18-26-24-12-5-3-10-22(24)23-11-4-6-13-25(23)26/h3-6,10-15,17,26H,8,16,18H2,1-2H3,(H,28,29). The van der Waals surface area contributed by atoms with E-state index in [1.807, 2.05) is 30.3 Å². The number of benzene rings is 3. The molecular weight excluding hydrogens is 370 g/mol. The fourth-order valence-corrected chi connectivity index (χ4v) is 3.86. The monoisotopic (exact) mass is 395 g/mol. The van der Waals surface area contributed by atoms with E-state index >= 15 is 0 Å². The van der Waals surface area contributed by atoms with Crippen LogP contribution in [-0.4, -0.2) is 19.2 Å². The molecule has 1 aliphatic carbocycles. The maximum Gasteiger partial charge on any atom is 0.407 e. The molecule has 3 aromatic carbocycles. The van der Waals surface area contributed by atoms with Crippen LogP contribution in [0.2, 0.25) is 0 Å². The second kappa shape index (κ2) is 8.88. The molecule has 0 radical (unpaired) electrons. The fraction of sp³-hybridized carbons (Fsp3) is 0.222. The molecule has 1 amide bonds. The highest BCUT2D eigenvalue weighted by molar-refractivity contribution is 5.79. The molecule has 0 atom stereocenters. The first kappa shape index (κ1) is 19.8. The van der Waals surface area contributed by atoms with Crippen molar-refractivity contribution in [2.24, 2.45) is 0 Å². The van der Waals surface area contributed by atoms with Crippen molar-refractivity contribution in [3.05, 3.63) is 94.5 Å². The molecule has 4 rings (SSSR count). The van der Waals surface area contributed by atoms with Gasteiger partial charge in [0.1, 0.15) is 6.61 Å². The second-order valence-corrected chi connectivity index (χ2v) is 7.60. The Kier molecular flexibility index (Phi) is 5.86. The predicted molar refractivity (Wildman–Crippen MR) is 120 cm³/mol. The van der Waals surface area contributed by atoms with Gasteiger partial charge < -0.3 is 10.1 Å². The average Bonchev–Trinajstić information content (AvgIpc) is 3.08. The SMILES string of the molecule is Cc1ccc(C#CCCNC(=O)OCC2c3ccccc3-c3ccccc32)cc1C. The third kappa shape index (κ3) is 4.23. The van der Waals surface area contributed by atoms with Gasteiger partial charge in [0, 0.05) is 24.4 Å². The molecule has 0 saturated carbocycles. The van der Waals surface area contributed by atoms with Gasteiger partial charge in [-0.25, -0.2) is 4.79 Å². The quantitative estimate of drug-likeness (QED) is 0.462. The first-order chi connectivity index (χ1) is 14.6. The summed E-state index contributed by atoms with van der Waals surface area (Å²) in [6, 6.07) is 22.8. The van der Waals surface area contributed by atoms with Crippen LogP contribution in [0.15, 0.2) is 66.7 Å². The number of carbonyl (C=O) groups is 1. The summed E-state index contributed by atoms with van der Waals surface area (Å²) in [4.78, 5) is 12.2. The molecule has 0 spiro atoms. The zero-order valence-corrected chi connectivity index (χ0v) is 17.4. The highest BCUT2D eigenvalue weighted by Crippen LogP contribution is 2.44. The highest BCUT2D eigenvalue weighted by atomic mass is 16.5. The molecule has 0 fully saturated rings. The normalized spacial score (nSPS) is 11.8.